The molecule has 0 aliphatic carbocycles. The zero-order valence-electron chi connectivity index (χ0n) is 8.59. The molecule has 2 unspecified atom stereocenters. The van der Waals surface area contributed by atoms with Gasteiger partial charge in [-0.05, 0) is 25.2 Å². The Bertz CT molecular complexity index is 191. The molecule has 1 saturated heterocycles. The zero-order valence-corrected chi connectivity index (χ0v) is 10.2. The topological polar surface area (TPSA) is 20.3 Å². The molecular formula is C10H18BrNO. The number of likely N-dealkylation sites (tertiary alicyclic amines) is 1. The molecule has 76 valence electrons. The molecule has 0 aromatic rings. The summed E-state index contributed by atoms with van der Waals surface area (Å²) in [7, 11) is 0. The summed E-state index contributed by atoms with van der Waals surface area (Å²) in [5.41, 5.74) is 0. The number of carbonyl (C=O) groups is 1. The number of nitrogens with zero attached hydrogens (tertiary/aromatic N) is 1. The zero-order chi connectivity index (χ0) is 10.0. The second kappa shape index (κ2) is 4.45. The third-order valence-electron chi connectivity index (χ3n) is 2.82. The van der Waals surface area contributed by atoms with Crippen molar-refractivity contribution in [3.8, 4) is 0 Å². The van der Waals surface area contributed by atoms with E-state index in [0.717, 1.165) is 13.1 Å². The van der Waals surface area contributed by atoms with Crippen LogP contribution in [0.1, 0.15) is 27.2 Å². The second-order valence-corrected chi connectivity index (χ2v) is 5.57. The predicted molar refractivity (Wildman–Crippen MR) is 57.9 cm³/mol. The number of hydrogen-bond donors (Lipinski definition) is 0. The molecule has 1 heterocycles. The molecule has 0 radical (unpaired) electrons. The van der Waals surface area contributed by atoms with E-state index in [2.05, 4.69) is 29.8 Å². The SMILES string of the molecule is CC(Br)C(=O)N1CCC(C(C)C)C1. The highest BCUT2D eigenvalue weighted by atomic mass is 79.9. The van der Waals surface area contributed by atoms with Gasteiger partial charge in [-0.25, -0.2) is 0 Å². The molecule has 0 bridgehead atoms. The van der Waals surface area contributed by atoms with Crippen molar-refractivity contribution >= 4 is 21.8 Å². The molecular weight excluding hydrogens is 230 g/mol. The van der Waals surface area contributed by atoms with Gasteiger partial charge in [0.05, 0.1) is 4.83 Å². The van der Waals surface area contributed by atoms with Gasteiger partial charge in [-0.15, -0.1) is 0 Å². The summed E-state index contributed by atoms with van der Waals surface area (Å²) in [5, 5.41) is 0. The lowest BCUT2D eigenvalue weighted by Crippen LogP contribution is -2.33. The fourth-order valence-corrected chi connectivity index (χ4v) is 2.07. The minimum absolute atomic E-state index is 0.0292. The van der Waals surface area contributed by atoms with Crippen LogP contribution in [0.5, 0.6) is 0 Å². The maximum absolute atomic E-state index is 11.6. The maximum Gasteiger partial charge on any atom is 0.236 e. The quantitative estimate of drug-likeness (QED) is 0.686. The lowest BCUT2D eigenvalue weighted by atomic mass is 9.95. The number of halogens is 1. The number of amides is 1. The molecule has 1 rings (SSSR count). The molecule has 2 atom stereocenters. The van der Waals surface area contributed by atoms with E-state index >= 15 is 0 Å². The smallest absolute Gasteiger partial charge is 0.236 e. The molecule has 0 spiro atoms. The number of hydrogen-bond acceptors (Lipinski definition) is 1. The summed E-state index contributed by atoms with van der Waals surface area (Å²) in [5.74, 6) is 1.64. The molecule has 0 aromatic heterocycles. The fraction of sp³-hybridized carbons (Fsp3) is 0.900. The minimum Gasteiger partial charge on any atom is -0.341 e. The van der Waals surface area contributed by atoms with E-state index in [-0.39, 0.29) is 10.7 Å². The number of rotatable bonds is 2. The van der Waals surface area contributed by atoms with Crippen molar-refractivity contribution in [1.82, 2.24) is 4.90 Å². The monoisotopic (exact) mass is 247 g/mol. The standard InChI is InChI=1S/C10H18BrNO/c1-7(2)9-4-5-12(6-9)10(13)8(3)11/h7-9H,4-6H2,1-3H3. The van der Waals surface area contributed by atoms with Crippen molar-refractivity contribution < 1.29 is 4.79 Å². The summed E-state index contributed by atoms with van der Waals surface area (Å²) in [6.45, 7) is 8.25. The van der Waals surface area contributed by atoms with Crippen molar-refractivity contribution in [2.75, 3.05) is 13.1 Å². The summed E-state index contributed by atoms with van der Waals surface area (Å²) >= 11 is 3.32. The molecule has 3 heteroatoms. The Labute approximate surface area is 88.8 Å². The van der Waals surface area contributed by atoms with Crippen molar-refractivity contribution in [2.45, 2.75) is 32.0 Å². The van der Waals surface area contributed by atoms with E-state index < -0.39 is 0 Å². The highest BCUT2D eigenvalue weighted by Crippen LogP contribution is 2.24. The average molecular weight is 248 g/mol. The molecule has 1 aliphatic rings. The van der Waals surface area contributed by atoms with Crippen molar-refractivity contribution in [3.63, 3.8) is 0 Å². The molecule has 0 N–H and O–H groups in total. The van der Waals surface area contributed by atoms with Crippen molar-refractivity contribution in [3.05, 3.63) is 0 Å². The van der Waals surface area contributed by atoms with Gasteiger partial charge in [0, 0.05) is 13.1 Å². The first-order chi connectivity index (χ1) is 6.02. The van der Waals surface area contributed by atoms with Gasteiger partial charge in [0.2, 0.25) is 5.91 Å². The molecule has 13 heavy (non-hydrogen) atoms. The van der Waals surface area contributed by atoms with Gasteiger partial charge in [0.1, 0.15) is 0 Å². The van der Waals surface area contributed by atoms with Gasteiger partial charge in [0.15, 0.2) is 0 Å². The average Bonchev–Trinajstić information content (AvgIpc) is 2.50. The Kier molecular flexibility index (Phi) is 3.77. The van der Waals surface area contributed by atoms with Gasteiger partial charge in [-0.2, -0.15) is 0 Å². The van der Waals surface area contributed by atoms with Gasteiger partial charge in [-0.1, -0.05) is 29.8 Å². The van der Waals surface area contributed by atoms with Gasteiger partial charge >= 0.3 is 0 Å². The van der Waals surface area contributed by atoms with Crippen LogP contribution in [-0.4, -0.2) is 28.7 Å². The van der Waals surface area contributed by atoms with E-state index in [0.29, 0.717) is 11.8 Å². The van der Waals surface area contributed by atoms with Gasteiger partial charge in [0.25, 0.3) is 0 Å². The second-order valence-electron chi connectivity index (χ2n) is 4.19. The van der Waals surface area contributed by atoms with Crippen LogP contribution in [0.2, 0.25) is 0 Å². The third-order valence-corrected chi connectivity index (χ3v) is 3.21. The van der Waals surface area contributed by atoms with Gasteiger partial charge in [-0.3, -0.25) is 4.79 Å². The van der Waals surface area contributed by atoms with Gasteiger partial charge < -0.3 is 4.90 Å². The molecule has 2 nitrogen and oxygen atoms in total. The number of carbonyl (C=O) groups excluding carboxylic acids is 1. The Morgan fingerprint density at radius 2 is 2.08 bits per heavy atom. The summed E-state index contributed by atoms with van der Waals surface area (Å²) in [6, 6.07) is 0. The first-order valence-electron chi connectivity index (χ1n) is 4.95. The molecule has 0 aromatic carbocycles. The Morgan fingerprint density at radius 1 is 1.46 bits per heavy atom. The van der Waals surface area contributed by atoms with Crippen molar-refractivity contribution in [2.24, 2.45) is 11.8 Å². The summed E-state index contributed by atoms with van der Waals surface area (Å²) in [4.78, 5) is 13.5. The van der Waals surface area contributed by atoms with E-state index in [4.69, 9.17) is 0 Å². The lowest BCUT2D eigenvalue weighted by Gasteiger charge is -2.19. The van der Waals surface area contributed by atoms with E-state index in [1.807, 2.05) is 11.8 Å². The molecule has 1 aliphatic heterocycles. The van der Waals surface area contributed by atoms with E-state index in [1.165, 1.54) is 6.42 Å². The van der Waals surface area contributed by atoms with Crippen LogP contribution < -0.4 is 0 Å². The first-order valence-corrected chi connectivity index (χ1v) is 5.86. The summed E-state index contributed by atoms with van der Waals surface area (Å²) in [6.07, 6.45) is 1.17. The van der Waals surface area contributed by atoms with Crippen LogP contribution in [0.4, 0.5) is 0 Å². The Morgan fingerprint density at radius 3 is 2.46 bits per heavy atom. The normalized spacial score (nSPS) is 25.3. The fourth-order valence-electron chi connectivity index (χ4n) is 1.78. The third kappa shape index (κ3) is 2.70. The first kappa shape index (κ1) is 11.0. The highest BCUT2D eigenvalue weighted by molar-refractivity contribution is 9.10. The van der Waals surface area contributed by atoms with Crippen LogP contribution in [0.3, 0.4) is 0 Å². The van der Waals surface area contributed by atoms with Crippen LogP contribution in [0.25, 0.3) is 0 Å². The van der Waals surface area contributed by atoms with E-state index in [9.17, 15) is 4.79 Å². The molecule has 1 fully saturated rings. The Balaban J connectivity index is 2.45. The van der Waals surface area contributed by atoms with Crippen LogP contribution >= 0.6 is 15.9 Å². The molecule has 1 amide bonds. The number of alkyl halides is 1. The maximum atomic E-state index is 11.6. The van der Waals surface area contributed by atoms with Crippen LogP contribution in [0, 0.1) is 11.8 Å². The van der Waals surface area contributed by atoms with Crippen LogP contribution in [-0.2, 0) is 4.79 Å². The lowest BCUT2D eigenvalue weighted by molar-refractivity contribution is -0.129. The van der Waals surface area contributed by atoms with E-state index in [1.54, 1.807) is 0 Å². The summed E-state index contributed by atoms with van der Waals surface area (Å²) < 4.78 is 0. The van der Waals surface area contributed by atoms with Crippen molar-refractivity contribution in [1.29, 1.82) is 0 Å². The van der Waals surface area contributed by atoms with Crippen LogP contribution in [0.15, 0.2) is 0 Å². The Hall–Kier alpha value is -0.0500. The molecule has 0 saturated carbocycles. The predicted octanol–water partition coefficient (Wildman–Crippen LogP) is 2.27. The highest BCUT2D eigenvalue weighted by Gasteiger charge is 2.29. The minimum atomic E-state index is -0.0292. The largest absolute Gasteiger partial charge is 0.341 e.